The summed E-state index contributed by atoms with van der Waals surface area (Å²) in [4.78, 5) is 0. The first-order valence-corrected chi connectivity index (χ1v) is 5.37. The van der Waals surface area contributed by atoms with Gasteiger partial charge in [0.25, 0.3) is 0 Å². The molecule has 1 atom stereocenters. The second kappa shape index (κ2) is 3.78. The standard InChI is InChI=1S/C11H23N/c1-4-10(3)11(12)7-5-9(2)6-8-11/h9-10H,4-8,12H2,1-3H3/t9?,10-,11?/m1/s1. The van der Waals surface area contributed by atoms with E-state index in [1.807, 2.05) is 0 Å². The third-order valence-corrected chi connectivity index (χ3v) is 3.80. The second-order valence-electron chi connectivity index (χ2n) is 4.72. The maximum absolute atomic E-state index is 6.38. The monoisotopic (exact) mass is 169 g/mol. The van der Waals surface area contributed by atoms with Crippen LogP contribution in [-0.2, 0) is 0 Å². The van der Waals surface area contributed by atoms with Gasteiger partial charge in [0.15, 0.2) is 0 Å². The SMILES string of the molecule is CC[C@@H](C)C1(N)CCC(C)CC1. The molecule has 0 spiro atoms. The van der Waals surface area contributed by atoms with Gasteiger partial charge in [-0.2, -0.15) is 0 Å². The van der Waals surface area contributed by atoms with Crippen molar-refractivity contribution in [3.63, 3.8) is 0 Å². The molecule has 0 aliphatic heterocycles. The summed E-state index contributed by atoms with van der Waals surface area (Å²) >= 11 is 0. The van der Waals surface area contributed by atoms with Crippen LogP contribution in [0.2, 0.25) is 0 Å². The fourth-order valence-corrected chi connectivity index (χ4v) is 2.20. The Hall–Kier alpha value is -0.0400. The molecule has 1 heteroatoms. The molecular formula is C11H23N. The zero-order valence-corrected chi connectivity index (χ0v) is 8.77. The smallest absolute Gasteiger partial charge is 0.0180 e. The van der Waals surface area contributed by atoms with Crippen LogP contribution in [-0.4, -0.2) is 5.54 Å². The summed E-state index contributed by atoms with van der Waals surface area (Å²) in [6, 6.07) is 0. The Labute approximate surface area is 76.7 Å². The molecule has 0 aromatic heterocycles. The van der Waals surface area contributed by atoms with E-state index in [-0.39, 0.29) is 5.54 Å². The minimum absolute atomic E-state index is 0.168. The van der Waals surface area contributed by atoms with Crippen LogP contribution >= 0.6 is 0 Å². The maximum atomic E-state index is 6.38. The van der Waals surface area contributed by atoms with Crippen LogP contribution in [0.25, 0.3) is 0 Å². The van der Waals surface area contributed by atoms with Crippen LogP contribution in [0.3, 0.4) is 0 Å². The molecule has 1 saturated carbocycles. The first-order chi connectivity index (χ1) is 5.58. The normalized spacial score (nSPS) is 39.5. The molecule has 0 unspecified atom stereocenters. The summed E-state index contributed by atoms with van der Waals surface area (Å²) in [5.74, 6) is 1.61. The minimum atomic E-state index is 0.168. The predicted molar refractivity (Wildman–Crippen MR) is 54.0 cm³/mol. The van der Waals surface area contributed by atoms with Crippen molar-refractivity contribution in [2.24, 2.45) is 17.6 Å². The molecular weight excluding hydrogens is 146 g/mol. The third-order valence-electron chi connectivity index (χ3n) is 3.80. The molecule has 0 aromatic rings. The molecule has 1 fully saturated rings. The Balaban J connectivity index is 2.49. The summed E-state index contributed by atoms with van der Waals surface area (Å²) in [5, 5.41) is 0. The van der Waals surface area contributed by atoms with Gasteiger partial charge in [-0.05, 0) is 37.5 Å². The van der Waals surface area contributed by atoms with Crippen molar-refractivity contribution in [1.82, 2.24) is 0 Å². The van der Waals surface area contributed by atoms with Crippen molar-refractivity contribution in [3.05, 3.63) is 0 Å². The fourth-order valence-electron chi connectivity index (χ4n) is 2.20. The molecule has 0 radical (unpaired) electrons. The average Bonchev–Trinajstić information content (AvgIpc) is 2.09. The van der Waals surface area contributed by atoms with E-state index in [0.717, 1.165) is 5.92 Å². The number of hydrogen-bond donors (Lipinski definition) is 1. The highest BCUT2D eigenvalue weighted by Gasteiger charge is 2.33. The average molecular weight is 169 g/mol. The third kappa shape index (κ3) is 2.01. The highest BCUT2D eigenvalue weighted by atomic mass is 14.8. The van der Waals surface area contributed by atoms with Crippen molar-refractivity contribution in [2.45, 2.75) is 58.4 Å². The lowest BCUT2D eigenvalue weighted by molar-refractivity contribution is 0.174. The summed E-state index contributed by atoms with van der Waals surface area (Å²) in [6.07, 6.45) is 6.37. The van der Waals surface area contributed by atoms with Crippen LogP contribution in [0.15, 0.2) is 0 Å². The van der Waals surface area contributed by atoms with E-state index in [2.05, 4.69) is 20.8 Å². The number of hydrogen-bond acceptors (Lipinski definition) is 1. The molecule has 0 heterocycles. The zero-order valence-electron chi connectivity index (χ0n) is 8.77. The van der Waals surface area contributed by atoms with Gasteiger partial charge in [0.05, 0.1) is 0 Å². The predicted octanol–water partition coefficient (Wildman–Crippen LogP) is 2.94. The van der Waals surface area contributed by atoms with Gasteiger partial charge in [-0.3, -0.25) is 0 Å². The number of rotatable bonds is 2. The van der Waals surface area contributed by atoms with E-state index in [1.165, 1.54) is 32.1 Å². The Morgan fingerprint density at radius 3 is 2.33 bits per heavy atom. The molecule has 2 N–H and O–H groups in total. The molecule has 0 bridgehead atoms. The summed E-state index contributed by atoms with van der Waals surface area (Å²) in [6.45, 7) is 6.89. The quantitative estimate of drug-likeness (QED) is 0.675. The summed E-state index contributed by atoms with van der Waals surface area (Å²) in [7, 11) is 0. The van der Waals surface area contributed by atoms with Gasteiger partial charge in [-0.25, -0.2) is 0 Å². The van der Waals surface area contributed by atoms with Gasteiger partial charge in [-0.1, -0.05) is 27.2 Å². The van der Waals surface area contributed by atoms with E-state index in [9.17, 15) is 0 Å². The van der Waals surface area contributed by atoms with Crippen molar-refractivity contribution >= 4 is 0 Å². The van der Waals surface area contributed by atoms with Gasteiger partial charge < -0.3 is 5.73 Å². The van der Waals surface area contributed by atoms with Crippen molar-refractivity contribution < 1.29 is 0 Å². The van der Waals surface area contributed by atoms with E-state index in [0.29, 0.717) is 5.92 Å². The van der Waals surface area contributed by atoms with Gasteiger partial charge in [0.1, 0.15) is 0 Å². The van der Waals surface area contributed by atoms with Crippen LogP contribution < -0.4 is 5.73 Å². The second-order valence-corrected chi connectivity index (χ2v) is 4.72. The van der Waals surface area contributed by atoms with Crippen molar-refractivity contribution in [3.8, 4) is 0 Å². The molecule has 12 heavy (non-hydrogen) atoms. The van der Waals surface area contributed by atoms with E-state index in [1.54, 1.807) is 0 Å². The van der Waals surface area contributed by atoms with Crippen LogP contribution in [0.1, 0.15) is 52.9 Å². The Bertz CT molecular complexity index is 134. The molecule has 1 rings (SSSR count). The minimum Gasteiger partial charge on any atom is -0.325 e. The van der Waals surface area contributed by atoms with Crippen molar-refractivity contribution in [1.29, 1.82) is 0 Å². The Kier molecular flexibility index (Phi) is 3.16. The summed E-state index contributed by atoms with van der Waals surface area (Å²) in [5.41, 5.74) is 6.54. The zero-order chi connectivity index (χ0) is 9.19. The van der Waals surface area contributed by atoms with Crippen LogP contribution in [0.5, 0.6) is 0 Å². The molecule has 1 aliphatic rings. The molecule has 0 amide bonds. The lowest BCUT2D eigenvalue weighted by Crippen LogP contribution is -2.48. The highest BCUT2D eigenvalue weighted by Crippen LogP contribution is 2.35. The van der Waals surface area contributed by atoms with Crippen LogP contribution in [0.4, 0.5) is 0 Å². The molecule has 1 aliphatic carbocycles. The highest BCUT2D eigenvalue weighted by molar-refractivity contribution is 4.92. The maximum Gasteiger partial charge on any atom is 0.0180 e. The Morgan fingerprint density at radius 2 is 1.92 bits per heavy atom. The largest absolute Gasteiger partial charge is 0.325 e. The molecule has 72 valence electrons. The first-order valence-electron chi connectivity index (χ1n) is 5.37. The Morgan fingerprint density at radius 1 is 1.42 bits per heavy atom. The van der Waals surface area contributed by atoms with Gasteiger partial charge in [0, 0.05) is 5.54 Å². The molecule has 0 aromatic carbocycles. The summed E-state index contributed by atoms with van der Waals surface area (Å²) < 4.78 is 0. The van der Waals surface area contributed by atoms with E-state index >= 15 is 0 Å². The first kappa shape index (κ1) is 10.0. The topological polar surface area (TPSA) is 26.0 Å². The lowest BCUT2D eigenvalue weighted by Gasteiger charge is -2.40. The number of nitrogens with two attached hydrogens (primary N) is 1. The molecule has 1 nitrogen and oxygen atoms in total. The van der Waals surface area contributed by atoms with Crippen molar-refractivity contribution in [2.75, 3.05) is 0 Å². The lowest BCUT2D eigenvalue weighted by atomic mass is 9.70. The van der Waals surface area contributed by atoms with Gasteiger partial charge >= 0.3 is 0 Å². The van der Waals surface area contributed by atoms with Crippen LogP contribution in [0, 0.1) is 11.8 Å². The molecule has 0 saturated heterocycles. The van der Waals surface area contributed by atoms with Gasteiger partial charge in [-0.15, -0.1) is 0 Å². The van der Waals surface area contributed by atoms with Gasteiger partial charge in [0.2, 0.25) is 0 Å². The fraction of sp³-hybridized carbons (Fsp3) is 1.00. The van der Waals surface area contributed by atoms with E-state index in [4.69, 9.17) is 5.73 Å². The van der Waals surface area contributed by atoms with E-state index < -0.39 is 0 Å².